The fourth-order valence-electron chi connectivity index (χ4n) is 2.48. The number of tetrazole rings is 1. The number of nitrogens with zero attached hydrogens (tertiary/aromatic N) is 4. The van der Waals surface area contributed by atoms with E-state index in [1.54, 1.807) is 12.1 Å². The molecule has 3 rings (SSSR count). The Hall–Kier alpha value is -3.23. The number of aromatic nitrogens is 4. The van der Waals surface area contributed by atoms with Gasteiger partial charge in [0.15, 0.2) is 5.78 Å². The van der Waals surface area contributed by atoms with Gasteiger partial charge in [0.05, 0.1) is 12.7 Å². The largest absolute Gasteiger partial charge is 0.508 e. The quantitative estimate of drug-likeness (QED) is 0.782. The van der Waals surface area contributed by atoms with Gasteiger partial charge in [-0.05, 0) is 35.0 Å². The second kappa shape index (κ2) is 5.52. The highest BCUT2D eigenvalue weighted by Crippen LogP contribution is 2.35. The SMILES string of the molecule is COC(=O)C1=C(C(C)=O)C(c2ccc(O)cc2)n2nnnc2N1. The molecule has 118 valence electrons. The minimum atomic E-state index is -0.701. The van der Waals surface area contributed by atoms with Crippen molar-refractivity contribution in [1.29, 1.82) is 0 Å². The van der Waals surface area contributed by atoms with Crippen LogP contribution in [0.5, 0.6) is 5.75 Å². The zero-order chi connectivity index (χ0) is 16.6. The molecule has 2 N–H and O–H groups in total. The van der Waals surface area contributed by atoms with Crippen molar-refractivity contribution in [3.63, 3.8) is 0 Å². The number of anilines is 1. The third-order valence-corrected chi connectivity index (χ3v) is 3.49. The summed E-state index contributed by atoms with van der Waals surface area (Å²) in [5.41, 5.74) is 0.826. The molecule has 23 heavy (non-hydrogen) atoms. The van der Waals surface area contributed by atoms with Crippen LogP contribution in [0.2, 0.25) is 0 Å². The zero-order valence-corrected chi connectivity index (χ0v) is 12.3. The minimum Gasteiger partial charge on any atom is -0.508 e. The highest BCUT2D eigenvalue weighted by molar-refractivity contribution is 6.05. The van der Waals surface area contributed by atoms with E-state index in [9.17, 15) is 14.7 Å². The Morgan fingerprint density at radius 3 is 2.61 bits per heavy atom. The number of carbonyl (C=O) groups excluding carboxylic acids is 2. The van der Waals surface area contributed by atoms with E-state index in [0.29, 0.717) is 5.56 Å². The number of benzene rings is 1. The first-order valence-corrected chi connectivity index (χ1v) is 6.70. The number of hydrogen-bond acceptors (Lipinski definition) is 8. The van der Waals surface area contributed by atoms with Gasteiger partial charge >= 0.3 is 5.97 Å². The molecule has 0 spiro atoms. The number of Topliss-reactive ketones (excluding diaryl/α,β-unsaturated/α-hetero) is 1. The molecule has 0 aliphatic carbocycles. The normalized spacial score (nSPS) is 16.5. The Kier molecular flexibility index (Phi) is 3.53. The molecule has 1 atom stereocenters. The number of phenols is 1. The molecule has 1 unspecified atom stereocenters. The fraction of sp³-hybridized carbons (Fsp3) is 0.214. The Morgan fingerprint density at radius 2 is 2.00 bits per heavy atom. The van der Waals surface area contributed by atoms with Crippen molar-refractivity contribution < 1.29 is 19.4 Å². The molecule has 1 aromatic heterocycles. The smallest absolute Gasteiger partial charge is 0.355 e. The number of nitrogens with one attached hydrogen (secondary N) is 1. The Balaban J connectivity index is 2.23. The van der Waals surface area contributed by atoms with E-state index in [1.165, 1.54) is 30.8 Å². The van der Waals surface area contributed by atoms with E-state index in [1.807, 2.05) is 0 Å². The molecular formula is C14H13N5O4. The van der Waals surface area contributed by atoms with E-state index < -0.39 is 12.0 Å². The lowest BCUT2D eigenvalue weighted by atomic mass is 9.93. The molecule has 9 heteroatoms. The van der Waals surface area contributed by atoms with Crippen LogP contribution in [0.4, 0.5) is 5.95 Å². The summed E-state index contributed by atoms with van der Waals surface area (Å²) in [5.74, 6) is -0.708. The van der Waals surface area contributed by atoms with Crippen molar-refractivity contribution in [1.82, 2.24) is 20.2 Å². The summed E-state index contributed by atoms with van der Waals surface area (Å²) in [6.45, 7) is 1.35. The van der Waals surface area contributed by atoms with E-state index in [-0.39, 0.29) is 28.8 Å². The maximum atomic E-state index is 12.2. The van der Waals surface area contributed by atoms with Crippen LogP contribution in [-0.4, -0.2) is 44.2 Å². The van der Waals surface area contributed by atoms with Crippen molar-refractivity contribution >= 4 is 17.7 Å². The van der Waals surface area contributed by atoms with Gasteiger partial charge in [0.2, 0.25) is 5.95 Å². The maximum absolute atomic E-state index is 12.2. The van der Waals surface area contributed by atoms with Gasteiger partial charge in [-0.3, -0.25) is 4.79 Å². The number of methoxy groups -OCH3 is 1. The number of rotatable bonds is 3. The molecule has 9 nitrogen and oxygen atoms in total. The van der Waals surface area contributed by atoms with Gasteiger partial charge in [-0.1, -0.05) is 17.2 Å². The van der Waals surface area contributed by atoms with Crippen LogP contribution in [0.1, 0.15) is 18.5 Å². The van der Waals surface area contributed by atoms with E-state index in [2.05, 4.69) is 20.8 Å². The van der Waals surface area contributed by atoms with Gasteiger partial charge in [0.1, 0.15) is 17.5 Å². The number of esters is 1. The maximum Gasteiger partial charge on any atom is 0.355 e. The Morgan fingerprint density at radius 1 is 1.30 bits per heavy atom. The van der Waals surface area contributed by atoms with Gasteiger partial charge in [0.25, 0.3) is 0 Å². The summed E-state index contributed by atoms with van der Waals surface area (Å²) in [6.07, 6.45) is 0. The summed E-state index contributed by atoms with van der Waals surface area (Å²) in [7, 11) is 1.22. The molecule has 1 aliphatic rings. The lowest BCUT2D eigenvalue weighted by Gasteiger charge is -2.27. The summed E-state index contributed by atoms with van der Waals surface area (Å²) >= 11 is 0. The van der Waals surface area contributed by atoms with Gasteiger partial charge in [0, 0.05) is 0 Å². The van der Waals surface area contributed by atoms with Crippen LogP contribution in [0, 0.1) is 0 Å². The third kappa shape index (κ3) is 2.41. The first kappa shape index (κ1) is 14.7. The Bertz CT molecular complexity index is 809. The van der Waals surface area contributed by atoms with E-state index in [4.69, 9.17) is 4.74 Å². The molecule has 0 amide bonds. The first-order valence-electron chi connectivity index (χ1n) is 6.70. The molecule has 2 aromatic rings. The van der Waals surface area contributed by atoms with Crippen molar-refractivity contribution in [3.8, 4) is 5.75 Å². The number of allylic oxidation sites excluding steroid dienone is 1. The molecular weight excluding hydrogens is 302 g/mol. The lowest BCUT2D eigenvalue weighted by molar-refractivity contribution is -0.136. The van der Waals surface area contributed by atoms with Gasteiger partial charge in [-0.25, -0.2) is 4.79 Å². The van der Waals surface area contributed by atoms with Crippen LogP contribution in [0.3, 0.4) is 0 Å². The second-order valence-corrected chi connectivity index (χ2v) is 4.90. The van der Waals surface area contributed by atoms with Crippen LogP contribution in [-0.2, 0) is 14.3 Å². The number of hydrogen-bond donors (Lipinski definition) is 2. The minimum absolute atomic E-state index is 0.000347. The summed E-state index contributed by atoms with van der Waals surface area (Å²) < 4.78 is 6.13. The monoisotopic (exact) mass is 315 g/mol. The number of ether oxygens (including phenoxy) is 1. The second-order valence-electron chi connectivity index (χ2n) is 4.90. The van der Waals surface area contributed by atoms with Crippen LogP contribution in [0.25, 0.3) is 0 Å². The summed E-state index contributed by atoms with van der Waals surface area (Å²) in [6, 6.07) is 5.53. The predicted octanol–water partition coefficient (Wildman–Crippen LogP) is 0.410. The van der Waals surface area contributed by atoms with Crippen LogP contribution < -0.4 is 5.32 Å². The molecule has 1 aromatic carbocycles. The van der Waals surface area contributed by atoms with Gasteiger partial charge < -0.3 is 15.2 Å². The standard InChI is InChI=1S/C14H13N5O4/c1-7(20)10-11(13(22)23-2)15-14-16-17-18-19(14)12(10)8-3-5-9(21)6-4-8/h3-6,12,21H,1-2H3,(H,15,16,18). The first-order chi connectivity index (χ1) is 11.0. The summed E-state index contributed by atoms with van der Waals surface area (Å²) in [4.78, 5) is 24.2. The van der Waals surface area contributed by atoms with E-state index in [0.717, 1.165) is 0 Å². The lowest BCUT2D eigenvalue weighted by Crippen LogP contribution is -2.32. The molecule has 1 aliphatic heterocycles. The molecule has 0 saturated heterocycles. The third-order valence-electron chi connectivity index (χ3n) is 3.49. The summed E-state index contributed by atoms with van der Waals surface area (Å²) in [5, 5.41) is 23.4. The highest BCUT2D eigenvalue weighted by Gasteiger charge is 2.36. The fourth-order valence-corrected chi connectivity index (χ4v) is 2.48. The van der Waals surface area contributed by atoms with E-state index >= 15 is 0 Å². The average molecular weight is 315 g/mol. The van der Waals surface area contributed by atoms with Crippen LogP contribution in [0.15, 0.2) is 35.5 Å². The van der Waals surface area contributed by atoms with Gasteiger partial charge in [-0.15, -0.1) is 0 Å². The molecule has 0 radical (unpaired) electrons. The Labute approximate surface area is 130 Å². The van der Waals surface area contributed by atoms with Crippen molar-refractivity contribution in [2.24, 2.45) is 0 Å². The predicted molar refractivity (Wildman–Crippen MR) is 77.4 cm³/mol. The van der Waals surface area contributed by atoms with Gasteiger partial charge in [-0.2, -0.15) is 4.68 Å². The molecule has 0 fully saturated rings. The van der Waals surface area contributed by atoms with Crippen LogP contribution >= 0.6 is 0 Å². The molecule has 0 saturated carbocycles. The molecule has 2 heterocycles. The number of phenolic OH excluding ortho intramolecular Hbond substituents is 1. The van der Waals surface area contributed by atoms with Crippen molar-refractivity contribution in [2.75, 3.05) is 12.4 Å². The number of carbonyl (C=O) groups is 2. The zero-order valence-electron chi connectivity index (χ0n) is 12.3. The average Bonchev–Trinajstić information content (AvgIpc) is 3.01. The molecule has 0 bridgehead atoms. The number of ketones is 1. The van der Waals surface area contributed by atoms with Crippen molar-refractivity contribution in [2.45, 2.75) is 13.0 Å². The highest BCUT2D eigenvalue weighted by atomic mass is 16.5. The number of fused-ring (bicyclic) bond motifs is 1. The van der Waals surface area contributed by atoms with Crippen molar-refractivity contribution in [3.05, 3.63) is 41.1 Å². The number of aromatic hydroxyl groups is 1. The topological polar surface area (TPSA) is 119 Å².